The van der Waals surface area contributed by atoms with Gasteiger partial charge in [-0.15, -0.1) is 0 Å². The predicted molar refractivity (Wildman–Crippen MR) is 71.9 cm³/mol. The second kappa shape index (κ2) is 8.08. The molecule has 96 valence electrons. The van der Waals surface area contributed by atoms with Crippen molar-refractivity contribution < 1.29 is 0 Å². The zero-order valence-corrected chi connectivity index (χ0v) is 11.5. The minimum Gasteiger partial charge on any atom is -0.314 e. The number of nitrogens with zero attached hydrogens (tertiary/aromatic N) is 1. The number of nitrogens with one attached hydrogen (secondary N) is 1. The SMILES string of the molecule is CCCNC(C)CCCCN(C)C1CCC1. The van der Waals surface area contributed by atoms with Crippen LogP contribution in [0.1, 0.15) is 58.8 Å². The van der Waals surface area contributed by atoms with Crippen LogP contribution in [0.15, 0.2) is 0 Å². The first-order valence-electron chi connectivity index (χ1n) is 7.17. The summed E-state index contributed by atoms with van der Waals surface area (Å²) in [5.41, 5.74) is 0. The Bertz CT molecular complexity index is 166. The van der Waals surface area contributed by atoms with Gasteiger partial charge in [0.2, 0.25) is 0 Å². The highest BCUT2D eigenvalue weighted by molar-refractivity contribution is 4.77. The van der Waals surface area contributed by atoms with Gasteiger partial charge >= 0.3 is 0 Å². The Balaban J connectivity index is 1.90. The average Bonchev–Trinajstić information content (AvgIpc) is 2.19. The summed E-state index contributed by atoms with van der Waals surface area (Å²) >= 11 is 0. The number of hydrogen-bond donors (Lipinski definition) is 1. The molecular formula is C14H30N2. The lowest BCUT2D eigenvalue weighted by atomic mass is 9.92. The van der Waals surface area contributed by atoms with Crippen molar-refractivity contribution in [2.75, 3.05) is 20.1 Å². The van der Waals surface area contributed by atoms with Crippen LogP contribution >= 0.6 is 0 Å². The van der Waals surface area contributed by atoms with E-state index in [-0.39, 0.29) is 0 Å². The van der Waals surface area contributed by atoms with Crippen molar-refractivity contribution in [3.05, 3.63) is 0 Å². The van der Waals surface area contributed by atoms with Crippen molar-refractivity contribution in [2.45, 2.75) is 70.9 Å². The Hall–Kier alpha value is -0.0800. The first kappa shape index (κ1) is 14.0. The lowest BCUT2D eigenvalue weighted by Gasteiger charge is -2.34. The molecule has 0 aromatic carbocycles. The molecule has 1 saturated carbocycles. The fourth-order valence-corrected chi connectivity index (χ4v) is 2.31. The summed E-state index contributed by atoms with van der Waals surface area (Å²) < 4.78 is 0. The minimum absolute atomic E-state index is 0.703. The van der Waals surface area contributed by atoms with Crippen LogP contribution < -0.4 is 5.32 Å². The molecule has 2 heteroatoms. The van der Waals surface area contributed by atoms with Crippen LogP contribution in [0.2, 0.25) is 0 Å². The third-order valence-electron chi connectivity index (χ3n) is 3.84. The van der Waals surface area contributed by atoms with Crippen molar-refractivity contribution in [3.63, 3.8) is 0 Å². The molecule has 1 N–H and O–H groups in total. The maximum Gasteiger partial charge on any atom is 0.00922 e. The van der Waals surface area contributed by atoms with Crippen molar-refractivity contribution >= 4 is 0 Å². The summed E-state index contributed by atoms with van der Waals surface area (Å²) in [7, 11) is 2.29. The Labute approximate surface area is 102 Å². The molecular weight excluding hydrogens is 196 g/mol. The van der Waals surface area contributed by atoms with Gasteiger partial charge in [-0.1, -0.05) is 19.8 Å². The van der Waals surface area contributed by atoms with Gasteiger partial charge in [-0.3, -0.25) is 0 Å². The van der Waals surface area contributed by atoms with Gasteiger partial charge in [0, 0.05) is 12.1 Å². The molecule has 0 aromatic rings. The van der Waals surface area contributed by atoms with Gasteiger partial charge in [0.25, 0.3) is 0 Å². The molecule has 0 spiro atoms. The largest absolute Gasteiger partial charge is 0.314 e. The number of rotatable bonds is 9. The number of unbranched alkanes of at least 4 members (excludes halogenated alkanes) is 1. The van der Waals surface area contributed by atoms with Crippen molar-refractivity contribution in [1.82, 2.24) is 10.2 Å². The van der Waals surface area contributed by atoms with Crippen LogP contribution in [0.5, 0.6) is 0 Å². The number of hydrogen-bond acceptors (Lipinski definition) is 2. The fourth-order valence-electron chi connectivity index (χ4n) is 2.31. The fraction of sp³-hybridized carbons (Fsp3) is 1.00. The Morgan fingerprint density at radius 1 is 1.31 bits per heavy atom. The monoisotopic (exact) mass is 226 g/mol. The first-order valence-corrected chi connectivity index (χ1v) is 7.17. The molecule has 0 aliphatic heterocycles. The van der Waals surface area contributed by atoms with Crippen molar-refractivity contribution in [2.24, 2.45) is 0 Å². The van der Waals surface area contributed by atoms with Gasteiger partial charge < -0.3 is 10.2 Å². The molecule has 16 heavy (non-hydrogen) atoms. The molecule has 0 saturated heterocycles. The van der Waals surface area contributed by atoms with Crippen LogP contribution in [0.4, 0.5) is 0 Å². The molecule has 1 aliphatic rings. The van der Waals surface area contributed by atoms with Gasteiger partial charge in [0.1, 0.15) is 0 Å². The van der Waals surface area contributed by atoms with E-state index in [4.69, 9.17) is 0 Å². The lowest BCUT2D eigenvalue weighted by molar-refractivity contribution is 0.157. The lowest BCUT2D eigenvalue weighted by Crippen LogP contribution is -2.37. The molecule has 0 heterocycles. The molecule has 0 bridgehead atoms. The standard InChI is InChI=1S/C14H30N2/c1-4-11-15-13(2)8-5-6-12-16(3)14-9-7-10-14/h13-15H,4-12H2,1-3H3. The van der Waals surface area contributed by atoms with Crippen molar-refractivity contribution in [1.29, 1.82) is 0 Å². The summed E-state index contributed by atoms with van der Waals surface area (Å²) in [4.78, 5) is 2.56. The van der Waals surface area contributed by atoms with E-state index in [1.165, 1.54) is 58.0 Å². The topological polar surface area (TPSA) is 15.3 Å². The van der Waals surface area contributed by atoms with E-state index < -0.39 is 0 Å². The first-order chi connectivity index (χ1) is 7.74. The molecule has 0 aromatic heterocycles. The smallest absolute Gasteiger partial charge is 0.00922 e. The third-order valence-corrected chi connectivity index (χ3v) is 3.84. The third kappa shape index (κ3) is 5.31. The van der Waals surface area contributed by atoms with E-state index >= 15 is 0 Å². The van der Waals surface area contributed by atoms with E-state index in [1.807, 2.05) is 0 Å². The highest BCUT2D eigenvalue weighted by Gasteiger charge is 2.20. The molecule has 1 rings (SSSR count). The van der Waals surface area contributed by atoms with E-state index in [1.54, 1.807) is 0 Å². The predicted octanol–water partition coefficient (Wildman–Crippen LogP) is 3.03. The van der Waals surface area contributed by atoms with Gasteiger partial charge in [-0.25, -0.2) is 0 Å². The normalized spacial score (nSPS) is 18.8. The van der Waals surface area contributed by atoms with Crippen LogP contribution in [0.25, 0.3) is 0 Å². The van der Waals surface area contributed by atoms with Crippen LogP contribution in [0, 0.1) is 0 Å². The summed E-state index contributed by atoms with van der Waals surface area (Å²) in [5, 5.41) is 3.55. The molecule has 1 atom stereocenters. The average molecular weight is 226 g/mol. The van der Waals surface area contributed by atoms with E-state index in [2.05, 4.69) is 31.1 Å². The molecule has 0 amide bonds. The zero-order chi connectivity index (χ0) is 11.8. The Kier molecular flexibility index (Phi) is 7.06. The maximum absolute atomic E-state index is 3.55. The second-order valence-corrected chi connectivity index (χ2v) is 5.42. The van der Waals surface area contributed by atoms with Crippen LogP contribution in [-0.4, -0.2) is 37.1 Å². The zero-order valence-electron chi connectivity index (χ0n) is 11.5. The van der Waals surface area contributed by atoms with E-state index in [9.17, 15) is 0 Å². The van der Waals surface area contributed by atoms with Gasteiger partial charge in [-0.05, 0) is 59.2 Å². The minimum atomic E-state index is 0.703. The second-order valence-electron chi connectivity index (χ2n) is 5.42. The summed E-state index contributed by atoms with van der Waals surface area (Å²) in [5.74, 6) is 0. The molecule has 1 fully saturated rings. The molecule has 0 radical (unpaired) electrons. The van der Waals surface area contributed by atoms with E-state index in [0.29, 0.717) is 6.04 Å². The summed E-state index contributed by atoms with van der Waals surface area (Å²) in [6.07, 6.45) is 9.64. The summed E-state index contributed by atoms with van der Waals surface area (Å²) in [6.45, 7) is 7.01. The Morgan fingerprint density at radius 3 is 2.62 bits per heavy atom. The van der Waals surface area contributed by atoms with Crippen LogP contribution in [-0.2, 0) is 0 Å². The van der Waals surface area contributed by atoms with Gasteiger partial charge in [-0.2, -0.15) is 0 Å². The van der Waals surface area contributed by atoms with Gasteiger partial charge in [0.05, 0.1) is 0 Å². The van der Waals surface area contributed by atoms with Crippen LogP contribution in [0.3, 0.4) is 0 Å². The maximum atomic E-state index is 3.55. The van der Waals surface area contributed by atoms with Crippen molar-refractivity contribution in [3.8, 4) is 0 Å². The summed E-state index contributed by atoms with van der Waals surface area (Å²) in [6, 6.07) is 1.62. The highest BCUT2D eigenvalue weighted by Crippen LogP contribution is 2.23. The molecule has 2 nitrogen and oxygen atoms in total. The molecule has 1 unspecified atom stereocenters. The van der Waals surface area contributed by atoms with Gasteiger partial charge in [0.15, 0.2) is 0 Å². The Morgan fingerprint density at radius 2 is 2.06 bits per heavy atom. The molecule has 1 aliphatic carbocycles. The van der Waals surface area contributed by atoms with E-state index in [0.717, 1.165) is 6.04 Å². The highest BCUT2D eigenvalue weighted by atomic mass is 15.1. The quantitative estimate of drug-likeness (QED) is 0.608.